The van der Waals surface area contributed by atoms with E-state index in [1.807, 2.05) is 0 Å². The lowest BCUT2D eigenvalue weighted by Crippen LogP contribution is -2.20. The van der Waals surface area contributed by atoms with Crippen molar-refractivity contribution in [1.29, 1.82) is 0 Å². The van der Waals surface area contributed by atoms with Crippen molar-refractivity contribution in [3.8, 4) is 11.5 Å². The summed E-state index contributed by atoms with van der Waals surface area (Å²) in [5, 5.41) is 0. The van der Waals surface area contributed by atoms with E-state index in [9.17, 15) is 30.7 Å². The van der Waals surface area contributed by atoms with E-state index in [0.29, 0.717) is 13.3 Å². The summed E-state index contributed by atoms with van der Waals surface area (Å²) in [4.78, 5) is 2.96. The van der Waals surface area contributed by atoms with E-state index in [-0.39, 0.29) is 0 Å². The van der Waals surface area contributed by atoms with Gasteiger partial charge in [-0.2, -0.15) is 13.2 Å². The van der Waals surface area contributed by atoms with Crippen LogP contribution in [0.15, 0.2) is 6.20 Å². The lowest BCUT2D eigenvalue weighted by molar-refractivity contribution is -0.275. The Hall–Kier alpha value is -1.74. The molecule has 0 amide bonds. The number of aromatic nitrogens is 1. The summed E-state index contributed by atoms with van der Waals surface area (Å²) in [5.41, 5.74) is -2.82. The topological polar surface area (TPSA) is 31.4 Å². The summed E-state index contributed by atoms with van der Waals surface area (Å²) in [6.07, 6.45) is -10.0. The predicted octanol–water partition coefficient (Wildman–Crippen LogP) is 3.48. The number of hydrogen-bond donors (Lipinski definition) is 0. The highest BCUT2D eigenvalue weighted by Gasteiger charge is 2.41. The van der Waals surface area contributed by atoms with Gasteiger partial charge in [-0.25, -0.2) is 4.39 Å². The number of ether oxygens (including phenoxy) is 2. The minimum absolute atomic E-state index is 0.316. The molecular formula is C9H6F7NO2. The van der Waals surface area contributed by atoms with E-state index < -0.39 is 42.0 Å². The average molecular weight is 293 g/mol. The van der Waals surface area contributed by atoms with Gasteiger partial charge in [-0.1, -0.05) is 0 Å². The number of rotatable bonds is 3. The molecule has 1 aromatic heterocycles. The van der Waals surface area contributed by atoms with Gasteiger partial charge in [0.2, 0.25) is 0 Å². The van der Waals surface area contributed by atoms with Gasteiger partial charge in [-0.3, -0.25) is 4.98 Å². The van der Waals surface area contributed by atoms with Gasteiger partial charge in [0, 0.05) is 0 Å². The second-order valence-corrected chi connectivity index (χ2v) is 3.16. The molecule has 0 spiro atoms. The summed E-state index contributed by atoms with van der Waals surface area (Å²) in [6.45, 7) is -1.61. The molecule has 10 heteroatoms. The van der Waals surface area contributed by atoms with Crippen LogP contribution in [0.3, 0.4) is 0 Å². The Morgan fingerprint density at radius 2 is 1.74 bits per heavy atom. The van der Waals surface area contributed by atoms with Gasteiger partial charge in [0.25, 0.3) is 0 Å². The van der Waals surface area contributed by atoms with Gasteiger partial charge in [0.05, 0.1) is 19.0 Å². The zero-order chi connectivity index (χ0) is 14.8. The van der Waals surface area contributed by atoms with Crippen LogP contribution in [-0.4, -0.2) is 18.5 Å². The maximum Gasteiger partial charge on any atom is 0.573 e. The Balaban J connectivity index is 3.45. The Bertz CT molecular complexity index is 455. The number of halogens is 7. The van der Waals surface area contributed by atoms with E-state index in [2.05, 4.69) is 14.5 Å². The molecule has 0 unspecified atom stereocenters. The summed E-state index contributed by atoms with van der Waals surface area (Å²) in [5.74, 6) is -2.56. The van der Waals surface area contributed by atoms with Crippen molar-refractivity contribution in [2.24, 2.45) is 0 Å². The summed E-state index contributed by atoms with van der Waals surface area (Å²) >= 11 is 0. The van der Waals surface area contributed by atoms with Crippen LogP contribution in [0.4, 0.5) is 30.7 Å². The van der Waals surface area contributed by atoms with Crippen molar-refractivity contribution in [3.05, 3.63) is 17.5 Å². The SMILES string of the molecule is COc1c(OC(F)(F)F)cnc(CF)c1C(F)(F)F. The van der Waals surface area contributed by atoms with Crippen molar-refractivity contribution < 1.29 is 40.2 Å². The zero-order valence-electron chi connectivity index (χ0n) is 9.19. The standard InChI is InChI=1S/C9H6F7NO2/c1-18-7-5(19-9(14,15)16)3-17-4(2-10)6(7)8(11,12)13/h3H,2H2,1H3. The molecule has 0 saturated heterocycles. The van der Waals surface area contributed by atoms with Crippen molar-refractivity contribution in [3.63, 3.8) is 0 Å². The molecule has 0 radical (unpaired) electrons. The minimum atomic E-state index is -5.23. The van der Waals surface area contributed by atoms with Crippen LogP contribution in [0.25, 0.3) is 0 Å². The van der Waals surface area contributed by atoms with Crippen molar-refractivity contribution >= 4 is 0 Å². The predicted molar refractivity (Wildman–Crippen MR) is 47.3 cm³/mol. The third-order valence-corrected chi connectivity index (χ3v) is 1.92. The fourth-order valence-electron chi connectivity index (χ4n) is 1.31. The molecule has 1 heterocycles. The molecule has 0 aliphatic rings. The smallest absolute Gasteiger partial charge is 0.492 e. The largest absolute Gasteiger partial charge is 0.573 e. The van der Waals surface area contributed by atoms with Crippen LogP contribution >= 0.6 is 0 Å². The second kappa shape index (κ2) is 5.10. The third-order valence-electron chi connectivity index (χ3n) is 1.92. The molecule has 1 rings (SSSR count). The molecule has 3 nitrogen and oxygen atoms in total. The Labute approximate surface area is 101 Å². The molecular weight excluding hydrogens is 287 g/mol. The van der Waals surface area contributed by atoms with E-state index in [1.165, 1.54) is 0 Å². The number of nitrogens with zero attached hydrogens (tertiary/aromatic N) is 1. The van der Waals surface area contributed by atoms with Gasteiger partial charge in [-0.15, -0.1) is 13.2 Å². The van der Waals surface area contributed by atoms with Gasteiger partial charge in [-0.05, 0) is 0 Å². The van der Waals surface area contributed by atoms with E-state index in [1.54, 1.807) is 0 Å². The third kappa shape index (κ3) is 3.61. The quantitative estimate of drug-likeness (QED) is 0.800. The molecule has 19 heavy (non-hydrogen) atoms. The summed E-state index contributed by atoms with van der Waals surface area (Å²) in [6, 6.07) is 0. The molecule has 0 saturated carbocycles. The lowest BCUT2D eigenvalue weighted by Gasteiger charge is -2.18. The first-order valence-electron chi connectivity index (χ1n) is 4.55. The van der Waals surface area contributed by atoms with Crippen LogP contribution in [0.5, 0.6) is 11.5 Å². The van der Waals surface area contributed by atoms with Crippen LogP contribution in [0.2, 0.25) is 0 Å². The molecule has 0 fully saturated rings. The zero-order valence-corrected chi connectivity index (χ0v) is 9.19. The van der Waals surface area contributed by atoms with Gasteiger partial charge < -0.3 is 9.47 Å². The molecule has 1 aromatic rings. The summed E-state index contributed by atoms with van der Waals surface area (Å²) in [7, 11) is 0.704. The Morgan fingerprint density at radius 1 is 1.16 bits per heavy atom. The molecule has 0 aromatic carbocycles. The van der Waals surface area contributed by atoms with Crippen LogP contribution in [-0.2, 0) is 12.9 Å². The maximum absolute atomic E-state index is 12.7. The Morgan fingerprint density at radius 3 is 2.11 bits per heavy atom. The maximum atomic E-state index is 12.7. The number of alkyl halides is 7. The fraction of sp³-hybridized carbons (Fsp3) is 0.444. The van der Waals surface area contributed by atoms with Crippen molar-refractivity contribution in [2.75, 3.05) is 7.11 Å². The highest BCUT2D eigenvalue weighted by Crippen LogP contribution is 2.44. The number of methoxy groups -OCH3 is 1. The molecule has 0 aliphatic carbocycles. The fourth-order valence-corrected chi connectivity index (χ4v) is 1.31. The average Bonchev–Trinajstić information content (AvgIpc) is 2.25. The molecule has 0 N–H and O–H groups in total. The molecule has 108 valence electrons. The van der Waals surface area contributed by atoms with Gasteiger partial charge in [0.15, 0.2) is 11.5 Å². The monoisotopic (exact) mass is 293 g/mol. The second-order valence-electron chi connectivity index (χ2n) is 3.16. The van der Waals surface area contributed by atoms with Crippen molar-refractivity contribution in [2.45, 2.75) is 19.2 Å². The molecule has 0 atom stereocenters. The minimum Gasteiger partial charge on any atom is -0.492 e. The van der Waals surface area contributed by atoms with Crippen LogP contribution in [0.1, 0.15) is 11.3 Å². The first-order valence-corrected chi connectivity index (χ1v) is 4.55. The normalized spacial score (nSPS) is 12.4. The lowest BCUT2D eigenvalue weighted by atomic mass is 10.1. The van der Waals surface area contributed by atoms with Gasteiger partial charge >= 0.3 is 12.5 Å². The van der Waals surface area contributed by atoms with Crippen LogP contribution in [0, 0.1) is 0 Å². The molecule has 0 aliphatic heterocycles. The summed E-state index contributed by atoms with van der Waals surface area (Å²) < 4.78 is 94.0. The van der Waals surface area contributed by atoms with E-state index >= 15 is 0 Å². The highest BCUT2D eigenvalue weighted by atomic mass is 19.4. The Kier molecular flexibility index (Phi) is 4.11. The first-order chi connectivity index (χ1) is 8.60. The van der Waals surface area contributed by atoms with Crippen molar-refractivity contribution in [1.82, 2.24) is 4.98 Å². The van der Waals surface area contributed by atoms with Crippen LogP contribution < -0.4 is 9.47 Å². The highest BCUT2D eigenvalue weighted by molar-refractivity contribution is 5.48. The van der Waals surface area contributed by atoms with Gasteiger partial charge in [0.1, 0.15) is 12.2 Å². The molecule has 0 bridgehead atoms. The van der Waals surface area contributed by atoms with E-state index in [0.717, 1.165) is 0 Å². The number of hydrogen-bond acceptors (Lipinski definition) is 3. The van der Waals surface area contributed by atoms with E-state index in [4.69, 9.17) is 0 Å². The first kappa shape index (κ1) is 15.3. The number of pyridine rings is 1.